The lowest BCUT2D eigenvalue weighted by molar-refractivity contribution is -0.00867. The first-order chi connectivity index (χ1) is 9.72. The minimum Gasteiger partial charge on any atom is -0.384 e. The van der Waals surface area contributed by atoms with Crippen LogP contribution in [-0.4, -0.2) is 15.7 Å². The van der Waals surface area contributed by atoms with Crippen LogP contribution in [-0.2, 0) is 11.3 Å². The SMILES string of the molecule is Nc1cc(COC2CCC2)cc(-n2ccccc2=O)n1. The number of nitrogen functional groups attached to an aromatic ring is 1. The van der Waals surface area contributed by atoms with E-state index in [1.807, 2.05) is 6.07 Å². The molecule has 2 heterocycles. The molecule has 104 valence electrons. The minimum absolute atomic E-state index is 0.128. The predicted molar refractivity (Wildman–Crippen MR) is 76.7 cm³/mol. The molecule has 20 heavy (non-hydrogen) atoms. The molecule has 0 bridgehead atoms. The standard InChI is InChI=1S/C15H17N3O2/c16-13-8-11(10-20-12-4-3-5-12)9-14(17-13)18-7-2-1-6-15(18)19/h1-2,6-9,12H,3-5,10H2,(H2,16,17). The zero-order chi connectivity index (χ0) is 13.9. The van der Waals surface area contributed by atoms with Gasteiger partial charge >= 0.3 is 0 Å². The van der Waals surface area contributed by atoms with Crippen molar-refractivity contribution in [2.45, 2.75) is 32.0 Å². The molecule has 0 spiro atoms. The lowest BCUT2D eigenvalue weighted by Gasteiger charge is -2.25. The highest BCUT2D eigenvalue weighted by molar-refractivity contribution is 5.40. The number of nitrogens with two attached hydrogens (primary N) is 1. The van der Waals surface area contributed by atoms with E-state index in [1.165, 1.54) is 17.1 Å². The molecule has 3 rings (SSSR count). The van der Waals surface area contributed by atoms with Gasteiger partial charge in [-0.15, -0.1) is 0 Å². The van der Waals surface area contributed by atoms with Gasteiger partial charge in [0.25, 0.3) is 5.56 Å². The van der Waals surface area contributed by atoms with E-state index in [-0.39, 0.29) is 5.56 Å². The molecule has 1 aliphatic carbocycles. The third kappa shape index (κ3) is 2.72. The van der Waals surface area contributed by atoms with Crippen LogP contribution in [0.3, 0.4) is 0 Å². The minimum atomic E-state index is -0.128. The summed E-state index contributed by atoms with van der Waals surface area (Å²) in [6.07, 6.45) is 5.55. The van der Waals surface area contributed by atoms with Crippen LogP contribution >= 0.6 is 0 Å². The Kier molecular flexibility index (Phi) is 3.52. The molecule has 0 unspecified atom stereocenters. The molecule has 0 radical (unpaired) electrons. The molecule has 1 fully saturated rings. The first kappa shape index (κ1) is 12.9. The van der Waals surface area contributed by atoms with Gasteiger partial charge < -0.3 is 10.5 Å². The van der Waals surface area contributed by atoms with E-state index in [9.17, 15) is 4.79 Å². The van der Waals surface area contributed by atoms with Crippen molar-refractivity contribution in [2.75, 3.05) is 5.73 Å². The quantitative estimate of drug-likeness (QED) is 0.921. The van der Waals surface area contributed by atoms with E-state index in [2.05, 4.69) is 4.98 Å². The molecule has 0 aliphatic heterocycles. The van der Waals surface area contributed by atoms with Crippen LogP contribution in [0.15, 0.2) is 41.3 Å². The smallest absolute Gasteiger partial charge is 0.256 e. The van der Waals surface area contributed by atoms with Gasteiger partial charge in [-0.2, -0.15) is 0 Å². The van der Waals surface area contributed by atoms with E-state index >= 15 is 0 Å². The van der Waals surface area contributed by atoms with Crippen molar-refractivity contribution < 1.29 is 4.74 Å². The molecule has 0 amide bonds. The van der Waals surface area contributed by atoms with Gasteiger partial charge in [0.15, 0.2) is 0 Å². The molecule has 1 aliphatic rings. The maximum atomic E-state index is 11.8. The van der Waals surface area contributed by atoms with Crippen LogP contribution in [0.5, 0.6) is 0 Å². The number of ether oxygens (including phenoxy) is 1. The summed E-state index contributed by atoms with van der Waals surface area (Å²) in [6, 6.07) is 8.62. The first-order valence-corrected chi connectivity index (χ1v) is 6.78. The molecule has 0 saturated heterocycles. The second kappa shape index (κ2) is 5.46. The van der Waals surface area contributed by atoms with E-state index in [1.54, 1.807) is 24.4 Å². The molecule has 0 atom stereocenters. The number of nitrogens with zero attached hydrogens (tertiary/aromatic N) is 2. The second-order valence-corrected chi connectivity index (χ2v) is 5.03. The molecular formula is C15H17N3O2. The molecule has 2 aromatic rings. The third-order valence-corrected chi connectivity index (χ3v) is 3.50. The summed E-state index contributed by atoms with van der Waals surface area (Å²) in [4.78, 5) is 16.0. The first-order valence-electron chi connectivity index (χ1n) is 6.78. The van der Waals surface area contributed by atoms with Crippen LogP contribution < -0.4 is 11.3 Å². The Morgan fingerprint density at radius 1 is 1.35 bits per heavy atom. The zero-order valence-electron chi connectivity index (χ0n) is 11.2. The largest absolute Gasteiger partial charge is 0.384 e. The summed E-state index contributed by atoms with van der Waals surface area (Å²) in [6.45, 7) is 0.506. The molecule has 5 heteroatoms. The Hall–Kier alpha value is -2.14. The summed E-state index contributed by atoms with van der Waals surface area (Å²) >= 11 is 0. The van der Waals surface area contributed by atoms with Gasteiger partial charge in [0, 0.05) is 12.3 Å². The Balaban J connectivity index is 1.86. The zero-order valence-corrected chi connectivity index (χ0v) is 11.2. The number of rotatable bonds is 4. The van der Waals surface area contributed by atoms with Gasteiger partial charge in [-0.05, 0) is 43.0 Å². The summed E-state index contributed by atoms with van der Waals surface area (Å²) in [5, 5.41) is 0. The van der Waals surface area contributed by atoms with Crippen molar-refractivity contribution in [3.8, 4) is 5.82 Å². The van der Waals surface area contributed by atoms with E-state index in [0.29, 0.717) is 24.3 Å². The predicted octanol–water partition coefficient (Wildman–Crippen LogP) is 1.88. The molecule has 0 aromatic carbocycles. The lowest BCUT2D eigenvalue weighted by Crippen LogP contribution is -2.21. The van der Waals surface area contributed by atoms with Gasteiger partial charge in [0.05, 0.1) is 12.7 Å². The third-order valence-electron chi connectivity index (χ3n) is 3.50. The average molecular weight is 271 g/mol. The normalized spacial score (nSPS) is 15.0. The summed E-state index contributed by atoms with van der Waals surface area (Å²) < 4.78 is 7.24. The van der Waals surface area contributed by atoms with Crippen molar-refractivity contribution in [3.63, 3.8) is 0 Å². The van der Waals surface area contributed by atoms with Gasteiger partial charge in [-0.3, -0.25) is 9.36 Å². The van der Waals surface area contributed by atoms with Crippen molar-refractivity contribution in [3.05, 3.63) is 52.4 Å². The van der Waals surface area contributed by atoms with E-state index in [4.69, 9.17) is 10.5 Å². The highest BCUT2D eigenvalue weighted by atomic mass is 16.5. The van der Waals surface area contributed by atoms with E-state index < -0.39 is 0 Å². The van der Waals surface area contributed by atoms with Gasteiger partial charge in [-0.1, -0.05) is 6.07 Å². The highest BCUT2D eigenvalue weighted by Gasteiger charge is 2.17. The fourth-order valence-corrected chi connectivity index (χ4v) is 2.17. The van der Waals surface area contributed by atoms with Gasteiger partial charge in [-0.25, -0.2) is 4.98 Å². The van der Waals surface area contributed by atoms with Crippen LogP contribution in [0, 0.1) is 0 Å². The monoisotopic (exact) mass is 271 g/mol. The molecule has 2 aromatic heterocycles. The molecular weight excluding hydrogens is 254 g/mol. The summed E-state index contributed by atoms with van der Waals surface area (Å²) in [5.74, 6) is 0.924. The average Bonchev–Trinajstić information content (AvgIpc) is 2.37. The molecule has 2 N–H and O–H groups in total. The molecule has 1 saturated carbocycles. The highest BCUT2D eigenvalue weighted by Crippen LogP contribution is 2.23. The van der Waals surface area contributed by atoms with Gasteiger partial charge in [0.1, 0.15) is 11.6 Å². The lowest BCUT2D eigenvalue weighted by atomic mass is 9.96. The Morgan fingerprint density at radius 3 is 2.90 bits per heavy atom. The summed E-state index contributed by atoms with van der Waals surface area (Å²) in [7, 11) is 0. The van der Waals surface area contributed by atoms with Crippen molar-refractivity contribution in [1.29, 1.82) is 0 Å². The topological polar surface area (TPSA) is 70.1 Å². The summed E-state index contributed by atoms with van der Waals surface area (Å²) in [5.41, 5.74) is 6.63. The van der Waals surface area contributed by atoms with Crippen LogP contribution in [0.4, 0.5) is 5.82 Å². The van der Waals surface area contributed by atoms with Crippen molar-refractivity contribution >= 4 is 5.82 Å². The Labute approximate surface area is 117 Å². The second-order valence-electron chi connectivity index (χ2n) is 5.03. The fourth-order valence-electron chi connectivity index (χ4n) is 2.17. The van der Waals surface area contributed by atoms with Crippen LogP contribution in [0.25, 0.3) is 5.82 Å². The van der Waals surface area contributed by atoms with Gasteiger partial charge in [0.2, 0.25) is 0 Å². The number of hydrogen-bond acceptors (Lipinski definition) is 4. The number of aromatic nitrogens is 2. The van der Waals surface area contributed by atoms with Crippen LogP contribution in [0.2, 0.25) is 0 Å². The maximum Gasteiger partial charge on any atom is 0.256 e. The van der Waals surface area contributed by atoms with Crippen molar-refractivity contribution in [2.24, 2.45) is 0 Å². The number of hydrogen-bond donors (Lipinski definition) is 1. The number of anilines is 1. The van der Waals surface area contributed by atoms with Crippen LogP contribution in [0.1, 0.15) is 24.8 Å². The number of pyridine rings is 2. The Bertz CT molecular complexity index is 662. The Morgan fingerprint density at radius 2 is 2.20 bits per heavy atom. The maximum absolute atomic E-state index is 11.8. The van der Waals surface area contributed by atoms with E-state index in [0.717, 1.165) is 18.4 Å². The molecule has 5 nitrogen and oxygen atoms in total. The fraction of sp³-hybridized carbons (Fsp3) is 0.333. The van der Waals surface area contributed by atoms with Crippen molar-refractivity contribution in [1.82, 2.24) is 9.55 Å².